The van der Waals surface area contributed by atoms with Crippen molar-refractivity contribution < 1.29 is 14.7 Å². The Labute approximate surface area is 101 Å². The molecule has 0 aromatic carbocycles. The lowest BCUT2D eigenvalue weighted by atomic mass is 10.0. The number of carbonyl (C=O) groups is 1. The third-order valence-electron chi connectivity index (χ3n) is 3.55. The first kappa shape index (κ1) is 13.8. The number of rotatable bonds is 4. The van der Waals surface area contributed by atoms with Gasteiger partial charge in [0.1, 0.15) is 5.60 Å². The zero-order valence-corrected chi connectivity index (χ0v) is 10.6. The van der Waals surface area contributed by atoms with Crippen LogP contribution in [0.25, 0.3) is 0 Å². The summed E-state index contributed by atoms with van der Waals surface area (Å²) in [6.07, 6.45) is 2.17. The van der Waals surface area contributed by atoms with Crippen LogP contribution in [0.15, 0.2) is 5.16 Å². The second-order valence-electron chi connectivity index (χ2n) is 4.47. The van der Waals surface area contributed by atoms with Crippen LogP contribution in [0.3, 0.4) is 0 Å². The van der Waals surface area contributed by atoms with E-state index >= 15 is 0 Å². The molecule has 98 valence electrons. The van der Waals surface area contributed by atoms with Crippen LogP contribution in [0.4, 0.5) is 0 Å². The molecule has 1 saturated heterocycles. The number of nitrogens with two attached hydrogens (primary N) is 1. The monoisotopic (exact) mass is 243 g/mol. The number of methoxy groups -OCH3 is 1. The van der Waals surface area contributed by atoms with E-state index in [9.17, 15) is 4.79 Å². The molecule has 6 nitrogen and oxygen atoms in total. The number of nitrogens with zero attached hydrogens (tertiary/aromatic N) is 2. The van der Waals surface area contributed by atoms with Crippen LogP contribution < -0.4 is 5.73 Å². The van der Waals surface area contributed by atoms with E-state index in [0.29, 0.717) is 13.0 Å². The average Bonchev–Trinajstić information content (AvgIpc) is 2.84. The van der Waals surface area contributed by atoms with Gasteiger partial charge in [-0.25, -0.2) is 0 Å². The molecule has 0 aliphatic carbocycles. The molecule has 3 N–H and O–H groups in total. The lowest BCUT2D eigenvalue weighted by Crippen LogP contribution is -2.53. The third kappa shape index (κ3) is 2.52. The first-order chi connectivity index (χ1) is 8.00. The lowest BCUT2D eigenvalue weighted by Gasteiger charge is -2.33. The molecule has 0 aromatic heterocycles. The molecule has 1 amide bonds. The van der Waals surface area contributed by atoms with Gasteiger partial charge in [0, 0.05) is 13.7 Å². The molecule has 17 heavy (non-hydrogen) atoms. The van der Waals surface area contributed by atoms with Gasteiger partial charge in [0.15, 0.2) is 5.84 Å². The number of hydrogen-bond acceptors (Lipinski definition) is 4. The van der Waals surface area contributed by atoms with Crippen molar-refractivity contribution in [2.24, 2.45) is 10.9 Å². The fourth-order valence-corrected chi connectivity index (χ4v) is 2.07. The predicted molar refractivity (Wildman–Crippen MR) is 63.8 cm³/mol. The van der Waals surface area contributed by atoms with Gasteiger partial charge in [0.25, 0.3) is 5.91 Å². The van der Waals surface area contributed by atoms with E-state index in [1.54, 1.807) is 11.8 Å². The van der Waals surface area contributed by atoms with E-state index in [-0.39, 0.29) is 17.8 Å². The second kappa shape index (κ2) is 5.35. The van der Waals surface area contributed by atoms with Gasteiger partial charge in [-0.15, -0.1) is 0 Å². The quantitative estimate of drug-likeness (QED) is 0.326. The van der Waals surface area contributed by atoms with E-state index in [2.05, 4.69) is 5.16 Å². The summed E-state index contributed by atoms with van der Waals surface area (Å²) >= 11 is 0. The highest BCUT2D eigenvalue weighted by Gasteiger charge is 2.41. The van der Waals surface area contributed by atoms with Crippen LogP contribution in [-0.2, 0) is 9.53 Å². The normalized spacial score (nSPS) is 24.8. The Kier molecular flexibility index (Phi) is 4.34. The molecule has 0 spiro atoms. The zero-order valence-electron chi connectivity index (χ0n) is 10.6. The Balaban J connectivity index is 2.88. The van der Waals surface area contributed by atoms with Crippen molar-refractivity contribution in [2.45, 2.75) is 44.8 Å². The number of amidine groups is 1. The smallest absolute Gasteiger partial charge is 0.255 e. The van der Waals surface area contributed by atoms with Gasteiger partial charge in [-0.05, 0) is 26.2 Å². The minimum Gasteiger partial charge on any atom is -0.409 e. The maximum absolute atomic E-state index is 12.4. The molecule has 0 aromatic rings. The molecule has 0 bridgehead atoms. The van der Waals surface area contributed by atoms with Crippen molar-refractivity contribution in [1.82, 2.24) is 4.90 Å². The molecule has 0 saturated carbocycles. The summed E-state index contributed by atoms with van der Waals surface area (Å²) in [5.41, 5.74) is 4.76. The molecule has 6 heteroatoms. The zero-order chi connectivity index (χ0) is 13.1. The summed E-state index contributed by atoms with van der Waals surface area (Å²) in [6.45, 7) is 4.28. The average molecular weight is 243 g/mol. The van der Waals surface area contributed by atoms with Crippen molar-refractivity contribution >= 4 is 11.7 Å². The van der Waals surface area contributed by atoms with Gasteiger partial charge in [0.05, 0.1) is 6.04 Å². The fourth-order valence-electron chi connectivity index (χ4n) is 2.07. The lowest BCUT2D eigenvalue weighted by molar-refractivity contribution is -0.153. The second-order valence-corrected chi connectivity index (χ2v) is 4.47. The molecule has 1 rings (SSSR count). The van der Waals surface area contributed by atoms with Gasteiger partial charge in [-0.3, -0.25) is 4.79 Å². The molecule has 2 atom stereocenters. The van der Waals surface area contributed by atoms with Crippen LogP contribution in [0.2, 0.25) is 0 Å². The van der Waals surface area contributed by atoms with E-state index in [1.807, 2.05) is 6.92 Å². The number of oxime groups is 1. The highest BCUT2D eigenvalue weighted by molar-refractivity contribution is 5.93. The van der Waals surface area contributed by atoms with Gasteiger partial charge >= 0.3 is 0 Å². The largest absolute Gasteiger partial charge is 0.409 e. The van der Waals surface area contributed by atoms with Crippen molar-refractivity contribution in [3.8, 4) is 0 Å². The fraction of sp³-hybridized carbons (Fsp3) is 0.818. The molecule has 2 unspecified atom stereocenters. The minimum absolute atomic E-state index is 0.0883. The number of likely N-dealkylation sites (tertiary alicyclic amines) is 1. The Morgan fingerprint density at radius 3 is 2.82 bits per heavy atom. The van der Waals surface area contributed by atoms with Crippen molar-refractivity contribution in [3.63, 3.8) is 0 Å². The molecular formula is C11H21N3O3. The summed E-state index contributed by atoms with van der Waals surface area (Å²) < 4.78 is 5.29. The maximum Gasteiger partial charge on any atom is 0.255 e. The molecular weight excluding hydrogens is 222 g/mol. The van der Waals surface area contributed by atoms with Crippen LogP contribution in [0.1, 0.15) is 33.1 Å². The summed E-state index contributed by atoms with van der Waals surface area (Å²) in [5, 5.41) is 11.7. The summed E-state index contributed by atoms with van der Waals surface area (Å²) in [4.78, 5) is 14.0. The van der Waals surface area contributed by atoms with E-state index < -0.39 is 5.60 Å². The molecule has 1 aliphatic rings. The Hall–Kier alpha value is -1.30. The number of hydrogen-bond donors (Lipinski definition) is 2. The third-order valence-corrected chi connectivity index (χ3v) is 3.55. The molecule has 1 heterocycles. The first-order valence-electron chi connectivity index (χ1n) is 5.83. The van der Waals surface area contributed by atoms with Crippen LogP contribution >= 0.6 is 0 Å². The van der Waals surface area contributed by atoms with E-state index in [1.165, 1.54) is 7.11 Å². The first-order valence-corrected chi connectivity index (χ1v) is 5.83. The minimum atomic E-state index is -0.835. The van der Waals surface area contributed by atoms with E-state index in [4.69, 9.17) is 15.7 Å². The Morgan fingerprint density at radius 1 is 1.71 bits per heavy atom. The van der Waals surface area contributed by atoms with Gasteiger partial charge < -0.3 is 20.6 Å². The van der Waals surface area contributed by atoms with Gasteiger partial charge in [0.2, 0.25) is 0 Å². The van der Waals surface area contributed by atoms with Crippen LogP contribution in [0, 0.1) is 0 Å². The van der Waals surface area contributed by atoms with Crippen LogP contribution in [0.5, 0.6) is 0 Å². The Bertz CT molecular complexity index is 313. The van der Waals surface area contributed by atoms with Crippen molar-refractivity contribution in [2.75, 3.05) is 13.7 Å². The SMILES string of the molecule is CCC(C)(OC)C(=O)N1CCCC1C(N)=NO. The molecule has 0 radical (unpaired) electrons. The van der Waals surface area contributed by atoms with Crippen molar-refractivity contribution in [1.29, 1.82) is 0 Å². The summed E-state index contributed by atoms with van der Waals surface area (Å²) in [5.74, 6) is -0.0120. The summed E-state index contributed by atoms with van der Waals surface area (Å²) in [7, 11) is 1.52. The van der Waals surface area contributed by atoms with Crippen molar-refractivity contribution in [3.05, 3.63) is 0 Å². The highest BCUT2D eigenvalue weighted by atomic mass is 16.5. The van der Waals surface area contributed by atoms with Gasteiger partial charge in [-0.1, -0.05) is 12.1 Å². The maximum atomic E-state index is 12.4. The predicted octanol–water partition coefficient (Wildman–Crippen LogP) is 0.539. The van der Waals surface area contributed by atoms with Gasteiger partial charge in [-0.2, -0.15) is 0 Å². The Morgan fingerprint density at radius 2 is 2.35 bits per heavy atom. The number of ether oxygens (including phenoxy) is 1. The standard InChI is InChI=1S/C11H21N3O3/c1-4-11(2,17-3)10(15)14-7-5-6-8(14)9(12)13-16/h8,16H,4-7H2,1-3H3,(H2,12,13). The topological polar surface area (TPSA) is 88.2 Å². The highest BCUT2D eigenvalue weighted by Crippen LogP contribution is 2.25. The number of carbonyl (C=O) groups excluding carboxylic acids is 1. The van der Waals surface area contributed by atoms with E-state index in [0.717, 1.165) is 12.8 Å². The summed E-state index contributed by atoms with van der Waals surface area (Å²) in [6, 6.07) is -0.312. The molecule has 1 aliphatic heterocycles. The van der Waals surface area contributed by atoms with Crippen LogP contribution in [-0.4, -0.2) is 47.1 Å². The number of amides is 1. The molecule has 1 fully saturated rings.